The minimum absolute atomic E-state index is 0.0283. The number of aromatic nitrogens is 3. The van der Waals surface area contributed by atoms with E-state index < -0.39 is 0 Å². The normalized spacial score (nSPS) is 16.8. The largest absolute Gasteiger partial charge is 0.492 e. The van der Waals surface area contributed by atoms with Crippen molar-refractivity contribution in [2.24, 2.45) is 0 Å². The van der Waals surface area contributed by atoms with Crippen LogP contribution >= 0.6 is 0 Å². The fourth-order valence-corrected chi connectivity index (χ4v) is 3.47. The SMILES string of the molecule is CCOc1ccccc1NC(=O)N1CC(n2cc(C(=O)N3CCCC3)nn2)C1. The molecule has 0 saturated carbocycles. The molecule has 1 N–H and O–H groups in total. The van der Waals surface area contributed by atoms with E-state index in [1.54, 1.807) is 15.8 Å². The fourth-order valence-electron chi connectivity index (χ4n) is 3.47. The summed E-state index contributed by atoms with van der Waals surface area (Å²) in [5.41, 5.74) is 1.02. The Morgan fingerprint density at radius 2 is 1.93 bits per heavy atom. The summed E-state index contributed by atoms with van der Waals surface area (Å²) in [5, 5.41) is 11.0. The third-order valence-electron chi connectivity index (χ3n) is 5.07. The number of nitrogens with one attached hydrogen (secondary N) is 1. The van der Waals surface area contributed by atoms with Crippen molar-refractivity contribution >= 4 is 17.6 Å². The van der Waals surface area contributed by atoms with Crippen LogP contribution in [0.5, 0.6) is 5.75 Å². The predicted molar refractivity (Wildman–Crippen MR) is 102 cm³/mol. The molecule has 9 heteroatoms. The van der Waals surface area contributed by atoms with Crippen molar-refractivity contribution in [2.75, 3.05) is 38.1 Å². The van der Waals surface area contributed by atoms with Crippen molar-refractivity contribution in [3.8, 4) is 5.75 Å². The van der Waals surface area contributed by atoms with Crippen LogP contribution in [0.2, 0.25) is 0 Å². The highest BCUT2D eigenvalue weighted by Crippen LogP contribution is 2.26. The Kier molecular flexibility index (Phi) is 5.14. The molecule has 0 bridgehead atoms. The third kappa shape index (κ3) is 3.64. The lowest BCUT2D eigenvalue weighted by atomic mass is 10.1. The second kappa shape index (κ2) is 7.87. The maximum atomic E-state index is 12.5. The Hall–Kier alpha value is -3.10. The molecule has 2 aromatic rings. The molecule has 148 valence electrons. The standard InChI is InChI=1S/C19H24N6O3/c1-2-28-17-8-4-3-7-15(17)20-19(27)24-11-14(12-24)25-13-16(21-22-25)18(26)23-9-5-6-10-23/h3-4,7-8,13-14H,2,5-6,9-12H2,1H3,(H,20,27). The number of nitrogens with zero attached hydrogens (tertiary/aromatic N) is 5. The van der Waals surface area contributed by atoms with Gasteiger partial charge in [0.15, 0.2) is 5.69 Å². The smallest absolute Gasteiger partial charge is 0.322 e. The Bertz CT molecular complexity index is 855. The van der Waals surface area contributed by atoms with Crippen LogP contribution in [-0.4, -0.2) is 69.5 Å². The maximum Gasteiger partial charge on any atom is 0.322 e. The zero-order chi connectivity index (χ0) is 19.5. The molecule has 4 rings (SSSR count). The van der Waals surface area contributed by atoms with E-state index in [-0.39, 0.29) is 18.0 Å². The van der Waals surface area contributed by atoms with E-state index in [0.717, 1.165) is 25.9 Å². The van der Waals surface area contributed by atoms with Crippen LogP contribution in [0.1, 0.15) is 36.3 Å². The van der Waals surface area contributed by atoms with Gasteiger partial charge in [0, 0.05) is 26.2 Å². The second-order valence-corrected chi connectivity index (χ2v) is 7.00. The summed E-state index contributed by atoms with van der Waals surface area (Å²) in [7, 11) is 0. The lowest BCUT2D eigenvalue weighted by molar-refractivity contribution is 0.0786. The number of para-hydroxylation sites is 2. The van der Waals surface area contributed by atoms with Crippen molar-refractivity contribution in [1.82, 2.24) is 24.8 Å². The first-order valence-corrected chi connectivity index (χ1v) is 9.64. The molecule has 0 radical (unpaired) electrons. The molecular weight excluding hydrogens is 360 g/mol. The molecule has 0 atom stereocenters. The number of amides is 3. The summed E-state index contributed by atoms with van der Waals surface area (Å²) < 4.78 is 7.22. The van der Waals surface area contributed by atoms with Crippen LogP contribution in [0, 0.1) is 0 Å². The van der Waals surface area contributed by atoms with Crippen molar-refractivity contribution in [3.63, 3.8) is 0 Å². The molecule has 3 amide bonds. The van der Waals surface area contributed by atoms with Gasteiger partial charge in [0.2, 0.25) is 0 Å². The van der Waals surface area contributed by atoms with Crippen LogP contribution in [0.4, 0.5) is 10.5 Å². The zero-order valence-electron chi connectivity index (χ0n) is 15.9. The predicted octanol–water partition coefficient (Wildman–Crippen LogP) is 2.00. The lowest BCUT2D eigenvalue weighted by Gasteiger charge is -2.38. The third-order valence-corrected chi connectivity index (χ3v) is 5.07. The van der Waals surface area contributed by atoms with E-state index in [4.69, 9.17) is 4.74 Å². The van der Waals surface area contributed by atoms with Crippen LogP contribution < -0.4 is 10.1 Å². The van der Waals surface area contributed by atoms with Crippen LogP contribution in [-0.2, 0) is 0 Å². The molecule has 1 aromatic carbocycles. The number of anilines is 1. The number of rotatable bonds is 5. The lowest BCUT2D eigenvalue weighted by Crippen LogP contribution is -2.52. The van der Waals surface area contributed by atoms with Crippen LogP contribution in [0.3, 0.4) is 0 Å². The quantitative estimate of drug-likeness (QED) is 0.851. The van der Waals surface area contributed by atoms with Crippen molar-refractivity contribution < 1.29 is 14.3 Å². The van der Waals surface area contributed by atoms with Gasteiger partial charge in [0.25, 0.3) is 5.91 Å². The molecule has 2 aliphatic heterocycles. The molecule has 3 heterocycles. The molecule has 2 aliphatic rings. The summed E-state index contributed by atoms with van der Waals surface area (Å²) in [6.07, 6.45) is 3.77. The highest BCUT2D eigenvalue weighted by molar-refractivity contribution is 5.92. The first-order valence-electron chi connectivity index (χ1n) is 9.64. The summed E-state index contributed by atoms with van der Waals surface area (Å²) in [6, 6.07) is 7.20. The minimum atomic E-state index is -0.183. The van der Waals surface area contributed by atoms with Gasteiger partial charge >= 0.3 is 6.03 Å². The number of likely N-dealkylation sites (tertiary alicyclic amines) is 2. The summed E-state index contributed by atoms with van der Waals surface area (Å²) in [4.78, 5) is 28.3. The molecule has 9 nitrogen and oxygen atoms in total. The number of ether oxygens (including phenoxy) is 1. The minimum Gasteiger partial charge on any atom is -0.492 e. The Balaban J connectivity index is 1.32. The van der Waals surface area contributed by atoms with E-state index in [1.165, 1.54) is 0 Å². The Morgan fingerprint density at radius 1 is 1.18 bits per heavy atom. The van der Waals surface area contributed by atoms with Gasteiger partial charge in [-0.15, -0.1) is 5.10 Å². The van der Waals surface area contributed by atoms with E-state index in [0.29, 0.717) is 36.8 Å². The molecule has 2 saturated heterocycles. The monoisotopic (exact) mass is 384 g/mol. The zero-order valence-corrected chi connectivity index (χ0v) is 15.9. The van der Waals surface area contributed by atoms with Gasteiger partial charge < -0.3 is 19.9 Å². The van der Waals surface area contributed by atoms with Crippen LogP contribution in [0.25, 0.3) is 0 Å². The number of hydrogen-bond acceptors (Lipinski definition) is 5. The Morgan fingerprint density at radius 3 is 2.68 bits per heavy atom. The summed E-state index contributed by atoms with van der Waals surface area (Å²) in [6.45, 7) is 5.04. The number of carbonyl (C=O) groups excluding carboxylic acids is 2. The number of benzene rings is 1. The number of carbonyl (C=O) groups is 2. The number of urea groups is 1. The van der Waals surface area contributed by atoms with Crippen molar-refractivity contribution in [1.29, 1.82) is 0 Å². The van der Waals surface area contributed by atoms with Gasteiger partial charge in [-0.2, -0.15) is 0 Å². The van der Waals surface area contributed by atoms with Crippen molar-refractivity contribution in [2.45, 2.75) is 25.8 Å². The van der Waals surface area contributed by atoms with Gasteiger partial charge in [-0.3, -0.25) is 4.79 Å². The second-order valence-electron chi connectivity index (χ2n) is 7.00. The first kappa shape index (κ1) is 18.3. The summed E-state index contributed by atoms with van der Waals surface area (Å²) in [5.74, 6) is 0.585. The topological polar surface area (TPSA) is 92.6 Å². The van der Waals surface area contributed by atoms with E-state index in [2.05, 4.69) is 15.6 Å². The van der Waals surface area contributed by atoms with E-state index in [9.17, 15) is 9.59 Å². The van der Waals surface area contributed by atoms with E-state index in [1.807, 2.05) is 36.1 Å². The van der Waals surface area contributed by atoms with E-state index >= 15 is 0 Å². The Labute approximate surface area is 163 Å². The molecular formula is C19H24N6O3. The number of hydrogen-bond donors (Lipinski definition) is 1. The average molecular weight is 384 g/mol. The molecule has 0 aliphatic carbocycles. The molecule has 28 heavy (non-hydrogen) atoms. The highest BCUT2D eigenvalue weighted by Gasteiger charge is 2.34. The van der Waals surface area contributed by atoms with Gasteiger partial charge in [0.05, 0.1) is 24.5 Å². The highest BCUT2D eigenvalue weighted by atomic mass is 16.5. The summed E-state index contributed by atoms with van der Waals surface area (Å²) >= 11 is 0. The molecule has 0 spiro atoms. The van der Waals surface area contributed by atoms with Crippen molar-refractivity contribution in [3.05, 3.63) is 36.2 Å². The first-order chi connectivity index (χ1) is 13.7. The molecule has 2 fully saturated rings. The average Bonchev–Trinajstić information content (AvgIpc) is 3.34. The van der Waals surface area contributed by atoms with Gasteiger partial charge in [-0.1, -0.05) is 17.3 Å². The fraction of sp³-hybridized carbons (Fsp3) is 0.474. The van der Waals surface area contributed by atoms with Gasteiger partial charge in [-0.25, -0.2) is 9.48 Å². The van der Waals surface area contributed by atoms with Crippen LogP contribution in [0.15, 0.2) is 30.5 Å². The maximum absolute atomic E-state index is 12.5. The van der Waals surface area contributed by atoms with Gasteiger partial charge in [-0.05, 0) is 31.9 Å². The molecule has 1 aromatic heterocycles. The van der Waals surface area contributed by atoms with Gasteiger partial charge in [0.1, 0.15) is 5.75 Å². The molecule has 0 unspecified atom stereocenters.